The van der Waals surface area contributed by atoms with E-state index in [1.807, 2.05) is 6.21 Å². The monoisotopic (exact) mass is 336 g/mol. The molecule has 0 saturated heterocycles. The molecule has 0 bridgehead atoms. The van der Waals surface area contributed by atoms with Gasteiger partial charge >= 0.3 is 0 Å². The highest BCUT2D eigenvalue weighted by atomic mass is 19.1. The maximum atomic E-state index is 13.4. The van der Waals surface area contributed by atoms with Gasteiger partial charge in [0, 0.05) is 24.0 Å². The zero-order valence-corrected chi connectivity index (χ0v) is 15.6. The molecule has 3 rings (SSSR count). The van der Waals surface area contributed by atoms with E-state index in [-0.39, 0.29) is 11.4 Å². The highest BCUT2D eigenvalue weighted by Gasteiger charge is 2.29. The van der Waals surface area contributed by atoms with Crippen LogP contribution in [0.4, 0.5) is 15.8 Å². The van der Waals surface area contributed by atoms with Crippen molar-refractivity contribution < 1.29 is 4.39 Å². The SMILES string of the molecule is CCN1c2ccc(C=Nc3ccc(F)c(C)c3)cc2C(C)=CC1(C)C. The van der Waals surface area contributed by atoms with Crippen molar-refractivity contribution in [2.45, 2.75) is 40.2 Å². The van der Waals surface area contributed by atoms with Gasteiger partial charge in [0.05, 0.1) is 11.2 Å². The van der Waals surface area contributed by atoms with Crippen molar-refractivity contribution in [1.82, 2.24) is 0 Å². The fraction of sp³-hybridized carbons (Fsp3) is 0.318. The van der Waals surface area contributed by atoms with E-state index in [2.05, 4.69) is 61.9 Å². The minimum absolute atomic E-state index is 0.0209. The molecule has 25 heavy (non-hydrogen) atoms. The minimum atomic E-state index is -0.198. The Morgan fingerprint density at radius 3 is 2.56 bits per heavy atom. The predicted octanol–water partition coefficient (Wildman–Crippen LogP) is 5.91. The molecule has 0 unspecified atom stereocenters. The Bertz CT molecular complexity index is 862. The van der Waals surface area contributed by atoms with Gasteiger partial charge in [-0.25, -0.2) is 4.39 Å². The van der Waals surface area contributed by atoms with Gasteiger partial charge in [-0.1, -0.05) is 12.1 Å². The molecule has 1 aliphatic heterocycles. The first-order chi connectivity index (χ1) is 11.8. The lowest BCUT2D eigenvalue weighted by atomic mass is 9.88. The normalized spacial score (nSPS) is 16.1. The molecular formula is C22H25FN2. The molecule has 0 spiro atoms. The molecule has 2 nitrogen and oxygen atoms in total. The molecule has 0 N–H and O–H groups in total. The van der Waals surface area contributed by atoms with Crippen LogP contribution in [-0.2, 0) is 0 Å². The maximum Gasteiger partial charge on any atom is 0.126 e. The standard InChI is InChI=1S/C22H25FN2/c1-6-25-21-10-7-17(12-19(21)16(3)13-22(25,4)5)14-24-18-8-9-20(23)15(2)11-18/h7-14H,6H2,1-5H3. The fourth-order valence-corrected chi connectivity index (χ4v) is 3.62. The smallest absolute Gasteiger partial charge is 0.126 e. The Hall–Kier alpha value is -2.42. The van der Waals surface area contributed by atoms with Gasteiger partial charge in [-0.15, -0.1) is 0 Å². The molecule has 0 radical (unpaired) electrons. The molecule has 130 valence electrons. The Kier molecular flexibility index (Phi) is 4.51. The lowest BCUT2D eigenvalue weighted by Gasteiger charge is -2.42. The summed E-state index contributed by atoms with van der Waals surface area (Å²) < 4.78 is 13.4. The highest BCUT2D eigenvalue weighted by Crippen LogP contribution is 2.38. The first-order valence-electron chi connectivity index (χ1n) is 8.73. The summed E-state index contributed by atoms with van der Waals surface area (Å²) >= 11 is 0. The number of nitrogens with zero attached hydrogens (tertiary/aromatic N) is 2. The van der Waals surface area contributed by atoms with Crippen molar-refractivity contribution in [3.8, 4) is 0 Å². The molecule has 2 aromatic carbocycles. The van der Waals surface area contributed by atoms with E-state index in [0.29, 0.717) is 5.56 Å². The number of anilines is 1. The molecule has 1 heterocycles. The number of aliphatic imine (C=N–C) groups is 1. The van der Waals surface area contributed by atoms with E-state index >= 15 is 0 Å². The number of fused-ring (bicyclic) bond motifs is 1. The molecular weight excluding hydrogens is 311 g/mol. The van der Waals surface area contributed by atoms with Gasteiger partial charge in [0.15, 0.2) is 0 Å². The van der Waals surface area contributed by atoms with Crippen LogP contribution >= 0.6 is 0 Å². The number of rotatable bonds is 3. The highest BCUT2D eigenvalue weighted by molar-refractivity contribution is 5.88. The second-order valence-electron chi connectivity index (χ2n) is 7.19. The van der Waals surface area contributed by atoms with E-state index in [1.165, 1.54) is 22.9 Å². The van der Waals surface area contributed by atoms with Crippen molar-refractivity contribution >= 4 is 23.2 Å². The van der Waals surface area contributed by atoms with Crippen LogP contribution in [0, 0.1) is 12.7 Å². The van der Waals surface area contributed by atoms with Crippen molar-refractivity contribution in [3.05, 3.63) is 65.0 Å². The number of hydrogen-bond donors (Lipinski definition) is 0. The zero-order valence-electron chi connectivity index (χ0n) is 15.6. The van der Waals surface area contributed by atoms with Crippen LogP contribution in [0.25, 0.3) is 5.57 Å². The number of allylic oxidation sites excluding steroid dienone is 1. The summed E-state index contributed by atoms with van der Waals surface area (Å²) in [6.45, 7) is 11.6. The van der Waals surface area contributed by atoms with Crippen LogP contribution < -0.4 is 4.90 Å². The Balaban J connectivity index is 1.95. The Morgan fingerprint density at radius 2 is 1.88 bits per heavy atom. The van der Waals surface area contributed by atoms with Crippen LogP contribution in [0.15, 0.2) is 47.5 Å². The molecule has 0 fully saturated rings. The second-order valence-corrected chi connectivity index (χ2v) is 7.19. The number of benzene rings is 2. The van der Waals surface area contributed by atoms with E-state index in [1.54, 1.807) is 19.1 Å². The number of halogens is 1. The molecule has 0 atom stereocenters. The summed E-state index contributed by atoms with van der Waals surface area (Å²) in [5.74, 6) is -0.198. The van der Waals surface area contributed by atoms with Crippen molar-refractivity contribution in [1.29, 1.82) is 0 Å². The Labute approximate surface area is 149 Å². The first-order valence-corrected chi connectivity index (χ1v) is 8.73. The van der Waals surface area contributed by atoms with Gasteiger partial charge in [0.1, 0.15) is 5.82 Å². The molecule has 3 heteroatoms. The van der Waals surface area contributed by atoms with Gasteiger partial charge in [0.2, 0.25) is 0 Å². The van der Waals surface area contributed by atoms with E-state index in [4.69, 9.17) is 0 Å². The second kappa shape index (κ2) is 6.47. The minimum Gasteiger partial charge on any atom is -0.363 e. The van der Waals surface area contributed by atoms with Crippen molar-refractivity contribution in [2.75, 3.05) is 11.4 Å². The molecule has 0 aromatic heterocycles. The van der Waals surface area contributed by atoms with Gasteiger partial charge in [-0.2, -0.15) is 0 Å². The quantitative estimate of drug-likeness (QED) is 0.637. The van der Waals surface area contributed by atoms with E-state index in [9.17, 15) is 4.39 Å². The summed E-state index contributed by atoms with van der Waals surface area (Å²) in [5, 5.41) is 0. The number of aryl methyl sites for hydroxylation is 1. The summed E-state index contributed by atoms with van der Waals surface area (Å²) in [4.78, 5) is 6.91. The first kappa shape index (κ1) is 17.4. The molecule has 0 amide bonds. The number of likely N-dealkylation sites (N-methyl/N-ethyl adjacent to an activating group) is 1. The summed E-state index contributed by atoms with van der Waals surface area (Å²) in [6, 6.07) is 11.4. The molecule has 2 aromatic rings. The lowest BCUT2D eigenvalue weighted by molar-refractivity contribution is 0.566. The van der Waals surface area contributed by atoms with Crippen molar-refractivity contribution in [2.24, 2.45) is 4.99 Å². The third-order valence-corrected chi connectivity index (χ3v) is 4.82. The average molecular weight is 336 g/mol. The van der Waals surface area contributed by atoms with Crippen molar-refractivity contribution in [3.63, 3.8) is 0 Å². The fourth-order valence-electron chi connectivity index (χ4n) is 3.62. The third-order valence-electron chi connectivity index (χ3n) is 4.82. The number of hydrogen-bond acceptors (Lipinski definition) is 2. The van der Waals surface area contributed by atoms with Gasteiger partial charge < -0.3 is 4.90 Å². The third kappa shape index (κ3) is 3.37. The maximum absolute atomic E-state index is 13.4. The molecule has 0 saturated carbocycles. The average Bonchev–Trinajstić information content (AvgIpc) is 2.56. The van der Waals surface area contributed by atoms with Crippen LogP contribution in [0.3, 0.4) is 0 Å². The van der Waals surface area contributed by atoms with Gasteiger partial charge in [0.25, 0.3) is 0 Å². The van der Waals surface area contributed by atoms with Gasteiger partial charge in [-0.3, -0.25) is 4.99 Å². The summed E-state index contributed by atoms with van der Waals surface area (Å²) in [5.41, 5.74) is 6.25. The lowest BCUT2D eigenvalue weighted by Crippen LogP contribution is -2.44. The summed E-state index contributed by atoms with van der Waals surface area (Å²) in [7, 11) is 0. The van der Waals surface area contributed by atoms with Crippen LogP contribution in [-0.4, -0.2) is 18.3 Å². The molecule has 0 aliphatic carbocycles. The zero-order chi connectivity index (χ0) is 18.2. The van der Waals surface area contributed by atoms with Crippen LogP contribution in [0.5, 0.6) is 0 Å². The largest absolute Gasteiger partial charge is 0.363 e. The van der Waals surface area contributed by atoms with Crippen LogP contribution in [0.1, 0.15) is 44.4 Å². The Morgan fingerprint density at radius 1 is 1.12 bits per heavy atom. The predicted molar refractivity (Wildman–Crippen MR) is 106 cm³/mol. The topological polar surface area (TPSA) is 15.6 Å². The van der Waals surface area contributed by atoms with E-state index < -0.39 is 0 Å². The summed E-state index contributed by atoms with van der Waals surface area (Å²) in [6.07, 6.45) is 4.17. The van der Waals surface area contributed by atoms with Crippen LogP contribution in [0.2, 0.25) is 0 Å². The van der Waals surface area contributed by atoms with Gasteiger partial charge in [-0.05, 0) is 81.7 Å². The van der Waals surface area contributed by atoms with E-state index in [0.717, 1.165) is 17.8 Å². The molecule has 1 aliphatic rings.